The van der Waals surface area contributed by atoms with Crippen LogP contribution in [0.1, 0.15) is 27.2 Å². The van der Waals surface area contributed by atoms with E-state index in [9.17, 15) is 4.79 Å². The zero-order valence-corrected chi connectivity index (χ0v) is 9.91. The molecule has 1 saturated heterocycles. The van der Waals surface area contributed by atoms with Gasteiger partial charge >= 0.3 is 0 Å². The molecule has 0 N–H and O–H groups in total. The molecule has 15 heavy (non-hydrogen) atoms. The molecule has 1 amide bonds. The van der Waals surface area contributed by atoms with Crippen LogP contribution in [0.15, 0.2) is 0 Å². The maximum Gasteiger partial charge on any atom is 0.225 e. The van der Waals surface area contributed by atoms with Crippen molar-refractivity contribution in [2.45, 2.75) is 32.8 Å². The first-order valence-electron chi connectivity index (χ1n) is 5.48. The number of nitrogens with zero attached hydrogens (tertiary/aromatic N) is 1. The molecule has 0 bridgehead atoms. The van der Waals surface area contributed by atoms with Crippen molar-refractivity contribution in [3.05, 3.63) is 0 Å². The number of hydrogen-bond donors (Lipinski definition) is 0. The molecule has 0 saturated carbocycles. The topological polar surface area (TPSA) is 38.8 Å². The van der Waals surface area contributed by atoms with E-state index in [1.807, 2.05) is 25.7 Å². The van der Waals surface area contributed by atoms with Crippen LogP contribution in [0.4, 0.5) is 0 Å². The average molecular weight is 215 g/mol. The van der Waals surface area contributed by atoms with Crippen molar-refractivity contribution < 1.29 is 14.3 Å². The second kappa shape index (κ2) is 5.47. The Bertz CT molecular complexity index is 204. The summed E-state index contributed by atoms with van der Waals surface area (Å²) in [4.78, 5) is 13.5. The van der Waals surface area contributed by atoms with Gasteiger partial charge in [0, 0.05) is 13.1 Å². The van der Waals surface area contributed by atoms with Crippen molar-refractivity contribution in [2.24, 2.45) is 0 Å². The lowest BCUT2D eigenvalue weighted by molar-refractivity contribution is -0.137. The van der Waals surface area contributed by atoms with Gasteiger partial charge in [-0.1, -0.05) is 0 Å². The number of carbonyl (C=O) groups is 1. The van der Waals surface area contributed by atoms with E-state index in [1.165, 1.54) is 0 Å². The van der Waals surface area contributed by atoms with Gasteiger partial charge in [0.05, 0.1) is 31.8 Å². The minimum Gasteiger partial charge on any atom is -0.378 e. The number of amides is 1. The van der Waals surface area contributed by atoms with Crippen LogP contribution in [0.25, 0.3) is 0 Å². The first kappa shape index (κ1) is 12.5. The van der Waals surface area contributed by atoms with E-state index in [-0.39, 0.29) is 11.5 Å². The molecular formula is C11H21NO3. The van der Waals surface area contributed by atoms with Gasteiger partial charge in [-0.3, -0.25) is 4.79 Å². The molecule has 0 unspecified atom stereocenters. The fourth-order valence-electron chi connectivity index (χ4n) is 1.42. The summed E-state index contributed by atoms with van der Waals surface area (Å²) in [6, 6.07) is 0. The highest BCUT2D eigenvalue weighted by Gasteiger charge is 2.17. The molecule has 0 radical (unpaired) electrons. The van der Waals surface area contributed by atoms with Gasteiger partial charge < -0.3 is 14.4 Å². The highest BCUT2D eigenvalue weighted by molar-refractivity contribution is 5.76. The van der Waals surface area contributed by atoms with Gasteiger partial charge in [0.25, 0.3) is 0 Å². The van der Waals surface area contributed by atoms with E-state index in [2.05, 4.69) is 0 Å². The van der Waals surface area contributed by atoms with Gasteiger partial charge in [0.1, 0.15) is 0 Å². The molecule has 4 nitrogen and oxygen atoms in total. The van der Waals surface area contributed by atoms with Crippen LogP contribution < -0.4 is 0 Å². The van der Waals surface area contributed by atoms with Crippen LogP contribution in [0.2, 0.25) is 0 Å². The predicted octanol–water partition coefficient (Wildman–Crippen LogP) is 1.05. The number of carbonyl (C=O) groups excluding carboxylic acids is 1. The van der Waals surface area contributed by atoms with Crippen molar-refractivity contribution in [3.63, 3.8) is 0 Å². The monoisotopic (exact) mass is 215 g/mol. The predicted molar refractivity (Wildman–Crippen MR) is 57.7 cm³/mol. The number of rotatable bonds is 3. The minimum atomic E-state index is -0.161. The highest BCUT2D eigenvalue weighted by atomic mass is 16.5. The summed E-state index contributed by atoms with van der Waals surface area (Å²) in [5, 5.41) is 0. The van der Waals surface area contributed by atoms with E-state index in [4.69, 9.17) is 9.47 Å². The number of hydrogen-bond acceptors (Lipinski definition) is 3. The van der Waals surface area contributed by atoms with E-state index in [0.717, 1.165) is 0 Å². The Labute approximate surface area is 91.5 Å². The Kier molecular flexibility index (Phi) is 4.54. The van der Waals surface area contributed by atoms with Gasteiger partial charge in [0.15, 0.2) is 0 Å². The Hall–Kier alpha value is -0.610. The standard InChI is InChI=1S/C11H21NO3/c1-11(2,3)15-7-4-10(13)12-5-8-14-9-6-12/h4-9H2,1-3H3. The zero-order valence-electron chi connectivity index (χ0n) is 9.91. The third-order valence-electron chi connectivity index (χ3n) is 2.21. The summed E-state index contributed by atoms with van der Waals surface area (Å²) in [6.45, 7) is 9.23. The fraction of sp³-hybridized carbons (Fsp3) is 0.909. The van der Waals surface area contributed by atoms with Crippen molar-refractivity contribution in [1.29, 1.82) is 0 Å². The van der Waals surface area contributed by atoms with E-state index in [1.54, 1.807) is 0 Å². The zero-order chi connectivity index (χ0) is 11.3. The third-order valence-corrected chi connectivity index (χ3v) is 2.21. The van der Waals surface area contributed by atoms with E-state index < -0.39 is 0 Å². The number of ether oxygens (including phenoxy) is 2. The highest BCUT2D eigenvalue weighted by Crippen LogP contribution is 2.08. The lowest BCUT2D eigenvalue weighted by atomic mass is 10.2. The molecule has 4 heteroatoms. The van der Waals surface area contributed by atoms with Gasteiger partial charge in [0.2, 0.25) is 5.91 Å². The molecule has 88 valence electrons. The molecule has 0 aromatic carbocycles. The molecule has 1 heterocycles. The van der Waals surface area contributed by atoms with Gasteiger partial charge in [-0.2, -0.15) is 0 Å². The van der Waals surface area contributed by atoms with Crippen LogP contribution in [0.3, 0.4) is 0 Å². The first-order chi connectivity index (χ1) is 6.99. The molecule has 0 aromatic rings. The molecule has 0 aromatic heterocycles. The average Bonchev–Trinajstić information content (AvgIpc) is 2.17. The van der Waals surface area contributed by atoms with Crippen molar-refractivity contribution in [3.8, 4) is 0 Å². The minimum absolute atomic E-state index is 0.161. The molecule has 1 fully saturated rings. The van der Waals surface area contributed by atoms with Gasteiger partial charge in [-0.15, -0.1) is 0 Å². The second-order valence-electron chi connectivity index (χ2n) is 4.70. The van der Waals surface area contributed by atoms with Crippen LogP contribution in [0.5, 0.6) is 0 Å². The molecule has 1 aliphatic rings. The van der Waals surface area contributed by atoms with Crippen LogP contribution in [-0.2, 0) is 14.3 Å². The molecule has 1 rings (SSSR count). The normalized spacial score (nSPS) is 17.9. The molecule has 0 atom stereocenters. The van der Waals surface area contributed by atoms with Gasteiger partial charge in [-0.25, -0.2) is 0 Å². The molecular weight excluding hydrogens is 194 g/mol. The Morgan fingerprint density at radius 1 is 1.33 bits per heavy atom. The first-order valence-corrected chi connectivity index (χ1v) is 5.48. The largest absolute Gasteiger partial charge is 0.378 e. The van der Waals surface area contributed by atoms with Crippen LogP contribution >= 0.6 is 0 Å². The van der Waals surface area contributed by atoms with Crippen molar-refractivity contribution >= 4 is 5.91 Å². The van der Waals surface area contributed by atoms with Crippen molar-refractivity contribution in [1.82, 2.24) is 4.90 Å². The quantitative estimate of drug-likeness (QED) is 0.706. The molecule has 0 aliphatic carbocycles. The Balaban J connectivity index is 2.17. The smallest absolute Gasteiger partial charge is 0.225 e. The summed E-state index contributed by atoms with van der Waals surface area (Å²) in [5.41, 5.74) is -0.161. The summed E-state index contributed by atoms with van der Waals surface area (Å²) in [7, 11) is 0. The third kappa shape index (κ3) is 5.14. The number of morpholine rings is 1. The summed E-state index contributed by atoms with van der Waals surface area (Å²) < 4.78 is 10.7. The van der Waals surface area contributed by atoms with E-state index in [0.29, 0.717) is 39.3 Å². The lowest BCUT2D eigenvalue weighted by Gasteiger charge is -2.27. The Morgan fingerprint density at radius 2 is 1.93 bits per heavy atom. The SMILES string of the molecule is CC(C)(C)OCCC(=O)N1CCOCC1. The van der Waals surface area contributed by atoms with Crippen molar-refractivity contribution in [2.75, 3.05) is 32.9 Å². The summed E-state index contributed by atoms with van der Waals surface area (Å²) in [6.07, 6.45) is 0.470. The van der Waals surface area contributed by atoms with E-state index >= 15 is 0 Å². The Morgan fingerprint density at radius 3 is 2.47 bits per heavy atom. The maximum atomic E-state index is 11.7. The fourth-order valence-corrected chi connectivity index (χ4v) is 1.42. The molecule has 1 aliphatic heterocycles. The van der Waals surface area contributed by atoms with Crippen LogP contribution in [0, 0.1) is 0 Å². The van der Waals surface area contributed by atoms with Gasteiger partial charge in [-0.05, 0) is 20.8 Å². The lowest BCUT2D eigenvalue weighted by Crippen LogP contribution is -2.41. The summed E-state index contributed by atoms with van der Waals surface area (Å²) >= 11 is 0. The maximum absolute atomic E-state index is 11.7. The molecule has 0 spiro atoms. The summed E-state index contributed by atoms with van der Waals surface area (Å²) in [5.74, 6) is 0.169. The van der Waals surface area contributed by atoms with Crippen LogP contribution in [-0.4, -0.2) is 49.3 Å². The second-order valence-corrected chi connectivity index (χ2v) is 4.70.